The number of ether oxygens (including phenoxy) is 8. The minimum atomic E-state index is -1.35. The molecule has 3 aliphatic heterocycles. The first-order valence-corrected chi connectivity index (χ1v) is 15.2. The lowest BCUT2D eigenvalue weighted by atomic mass is 9.97. The van der Waals surface area contributed by atoms with Crippen LogP contribution in [0.15, 0.2) is 65.6 Å². The first-order chi connectivity index (χ1) is 21.1. The molecule has 5 rings (SSSR count). The van der Waals surface area contributed by atoms with Gasteiger partial charge in [-0.1, -0.05) is 60.3 Å². The number of thioether (sulfide) groups is 1. The monoisotopic (exact) mass is 632 g/mol. The van der Waals surface area contributed by atoms with Crippen LogP contribution in [0, 0.1) is 0 Å². The fourth-order valence-corrected chi connectivity index (χ4v) is 6.59. The lowest BCUT2D eigenvalue weighted by molar-refractivity contribution is -0.356. The lowest BCUT2D eigenvalue weighted by Crippen LogP contribution is -2.65. The van der Waals surface area contributed by atoms with Crippen molar-refractivity contribution in [2.24, 2.45) is 0 Å². The van der Waals surface area contributed by atoms with E-state index in [0.29, 0.717) is 0 Å². The summed E-state index contributed by atoms with van der Waals surface area (Å²) in [6.45, 7) is 5.33. The SMILES string of the molecule is CC(=O)O[C@@H]1[C@@H](OC(C)=O)[C@H](C)O[C@@H](O[C@@H]2[C@@H](O)[C@@H]3O[C@H](c4ccccc4)OC[C@H]3O[C@H]2Sc2ccccc2)[C@@H]1OC(C)=O. The van der Waals surface area contributed by atoms with Crippen molar-refractivity contribution in [3.05, 3.63) is 66.2 Å². The molecular weight excluding hydrogens is 596 g/mol. The molecule has 13 heteroatoms. The van der Waals surface area contributed by atoms with Crippen LogP contribution in [0.4, 0.5) is 0 Å². The van der Waals surface area contributed by atoms with E-state index in [1.165, 1.54) is 32.5 Å². The van der Waals surface area contributed by atoms with E-state index >= 15 is 0 Å². The van der Waals surface area contributed by atoms with Crippen LogP contribution in [-0.2, 0) is 52.3 Å². The van der Waals surface area contributed by atoms with Crippen molar-refractivity contribution in [1.82, 2.24) is 0 Å². The van der Waals surface area contributed by atoms with E-state index in [1.54, 1.807) is 6.92 Å². The van der Waals surface area contributed by atoms with Gasteiger partial charge in [0, 0.05) is 31.2 Å². The molecule has 3 saturated heterocycles. The zero-order valence-electron chi connectivity index (χ0n) is 24.7. The molecule has 44 heavy (non-hydrogen) atoms. The van der Waals surface area contributed by atoms with Gasteiger partial charge in [-0.3, -0.25) is 14.4 Å². The first kappa shape index (κ1) is 32.4. The zero-order valence-corrected chi connectivity index (χ0v) is 25.5. The number of hydrogen-bond donors (Lipinski definition) is 1. The normalized spacial score (nSPS) is 35.2. The van der Waals surface area contributed by atoms with Crippen molar-refractivity contribution >= 4 is 29.7 Å². The van der Waals surface area contributed by atoms with Gasteiger partial charge in [0.25, 0.3) is 0 Å². The van der Waals surface area contributed by atoms with Crippen LogP contribution in [0.3, 0.4) is 0 Å². The summed E-state index contributed by atoms with van der Waals surface area (Å²) in [6.07, 6.45) is -10.5. The van der Waals surface area contributed by atoms with Gasteiger partial charge in [-0.15, -0.1) is 0 Å². The summed E-state index contributed by atoms with van der Waals surface area (Å²) in [6, 6.07) is 18.7. The summed E-state index contributed by atoms with van der Waals surface area (Å²) in [5, 5.41) is 11.8. The number of aliphatic hydroxyl groups is 1. The predicted octanol–water partition coefficient (Wildman–Crippen LogP) is 2.90. The minimum absolute atomic E-state index is 0.158. The third-order valence-electron chi connectivity index (χ3n) is 7.30. The summed E-state index contributed by atoms with van der Waals surface area (Å²) in [5.74, 6) is -2.05. The highest BCUT2D eigenvalue weighted by Crippen LogP contribution is 2.41. The standard InChI is InChI=1S/C31H36O12S/c1-16-24(38-17(2)32)27(39-18(3)33)28(40-19(4)34)30(37-16)43-26-23(35)25-22(41-31(26)44-21-13-9-6-10-14-21)15-36-29(42-25)20-11-7-5-8-12-20/h5-14,16,22-31,35H,15H2,1-4H3/t16-,22+,23-,24-,25+,26+,27+,28+,29+,30-,31-/m0/s1. The Bertz CT molecular complexity index is 1280. The second kappa shape index (κ2) is 14.4. The van der Waals surface area contributed by atoms with E-state index in [9.17, 15) is 19.5 Å². The number of hydrogen-bond acceptors (Lipinski definition) is 13. The van der Waals surface area contributed by atoms with Gasteiger partial charge >= 0.3 is 17.9 Å². The quantitative estimate of drug-likeness (QED) is 0.337. The van der Waals surface area contributed by atoms with Gasteiger partial charge in [-0.2, -0.15) is 0 Å². The topological polar surface area (TPSA) is 145 Å². The minimum Gasteiger partial charge on any atom is -0.456 e. The summed E-state index contributed by atoms with van der Waals surface area (Å²) < 4.78 is 47.6. The number of esters is 3. The van der Waals surface area contributed by atoms with Crippen LogP contribution < -0.4 is 0 Å². The largest absolute Gasteiger partial charge is 0.456 e. The van der Waals surface area contributed by atoms with Gasteiger partial charge in [-0.05, 0) is 19.1 Å². The van der Waals surface area contributed by atoms with Gasteiger partial charge in [-0.25, -0.2) is 0 Å². The molecule has 0 amide bonds. The van der Waals surface area contributed by atoms with Gasteiger partial charge in [0.2, 0.25) is 0 Å². The molecule has 0 saturated carbocycles. The molecule has 1 N–H and O–H groups in total. The molecule has 0 radical (unpaired) electrons. The predicted molar refractivity (Wildman–Crippen MR) is 153 cm³/mol. The average Bonchev–Trinajstić information content (AvgIpc) is 2.99. The Morgan fingerprint density at radius 3 is 2.00 bits per heavy atom. The zero-order chi connectivity index (χ0) is 31.4. The Hall–Kier alpha value is -3.04. The molecule has 2 aromatic rings. The molecule has 0 spiro atoms. The van der Waals surface area contributed by atoms with Crippen LogP contribution in [0.5, 0.6) is 0 Å². The van der Waals surface area contributed by atoms with E-state index in [1.807, 2.05) is 60.7 Å². The number of benzene rings is 2. The van der Waals surface area contributed by atoms with Crippen LogP contribution in [0.2, 0.25) is 0 Å². The molecule has 3 aliphatic rings. The molecule has 3 fully saturated rings. The Morgan fingerprint density at radius 2 is 1.36 bits per heavy atom. The highest BCUT2D eigenvalue weighted by molar-refractivity contribution is 7.99. The third kappa shape index (κ3) is 7.60. The van der Waals surface area contributed by atoms with Crippen molar-refractivity contribution in [3.8, 4) is 0 Å². The maximum atomic E-state index is 12.2. The molecule has 3 heterocycles. The van der Waals surface area contributed by atoms with E-state index in [2.05, 4.69) is 0 Å². The van der Waals surface area contributed by atoms with E-state index in [0.717, 1.165) is 10.5 Å². The van der Waals surface area contributed by atoms with Gasteiger partial charge in [0.15, 0.2) is 30.9 Å². The second-order valence-electron chi connectivity index (χ2n) is 10.7. The fraction of sp³-hybridized carbons (Fsp3) is 0.516. The highest BCUT2D eigenvalue weighted by Gasteiger charge is 2.55. The van der Waals surface area contributed by atoms with E-state index in [4.69, 9.17) is 37.9 Å². The van der Waals surface area contributed by atoms with Crippen molar-refractivity contribution in [2.45, 2.75) is 99.4 Å². The number of rotatable bonds is 8. The Labute approximate surface area is 259 Å². The molecule has 0 aliphatic carbocycles. The van der Waals surface area contributed by atoms with Crippen molar-refractivity contribution in [3.63, 3.8) is 0 Å². The summed E-state index contributed by atoms with van der Waals surface area (Å²) in [4.78, 5) is 37.1. The fourth-order valence-electron chi connectivity index (χ4n) is 5.45. The average molecular weight is 633 g/mol. The summed E-state index contributed by atoms with van der Waals surface area (Å²) in [5.41, 5.74) is -0.0131. The van der Waals surface area contributed by atoms with Crippen LogP contribution in [-0.4, -0.2) is 90.2 Å². The summed E-state index contributed by atoms with van der Waals surface area (Å²) >= 11 is 1.32. The molecule has 11 atom stereocenters. The number of aliphatic hydroxyl groups excluding tert-OH is 1. The number of carbonyl (C=O) groups is 3. The number of fused-ring (bicyclic) bond motifs is 1. The molecule has 0 bridgehead atoms. The molecule has 2 aromatic carbocycles. The van der Waals surface area contributed by atoms with E-state index in [-0.39, 0.29) is 6.61 Å². The summed E-state index contributed by atoms with van der Waals surface area (Å²) in [7, 11) is 0. The second-order valence-corrected chi connectivity index (χ2v) is 11.8. The molecule has 0 unspecified atom stereocenters. The van der Waals surface area contributed by atoms with Crippen molar-refractivity contribution in [2.75, 3.05) is 6.61 Å². The van der Waals surface area contributed by atoms with Gasteiger partial charge in [0.1, 0.15) is 29.9 Å². The van der Waals surface area contributed by atoms with Gasteiger partial charge < -0.3 is 43.0 Å². The molecular formula is C31H36O12S. The Morgan fingerprint density at radius 1 is 0.773 bits per heavy atom. The van der Waals surface area contributed by atoms with Crippen LogP contribution >= 0.6 is 11.8 Å². The molecule has 0 aromatic heterocycles. The Balaban J connectivity index is 1.45. The molecule has 12 nitrogen and oxygen atoms in total. The van der Waals surface area contributed by atoms with Gasteiger partial charge in [0.05, 0.1) is 12.7 Å². The van der Waals surface area contributed by atoms with Crippen LogP contribution in [0.25, 0.3) is 0 Å². The van der Waals surface area contributed by atoms with Crippen molar-refractivity contribution < 1.29 is 57.4 Å². The highest BCUT2D eigenvalue weighted by atomic mass is 32.2. The van der Waals surface area contributed by atoms with E-state index < -0.39 is 84.8 Å². The maximum Gasteiger partial charge on any atom is 0.303 e. The maximum absolute atomic E-state index is 12.2. The smallest absolute Gasteiger partial charge is 0.303 e. The molecule has 238 valence electrons. The lowest BCUT2D eigenvalue weighted by Gasteiger charge is -2.50. The Kier molecular flexibility index (Phi) is 10.6. The third-order valence-corrected chi connectivity index (χ3v) is 8.46. The van der Waals surface area contributed by atoms with Crippen molar-refractivity contribution in [1.29, 1.82) is 0 Å². The first-order valence-electron chi connectivity index (χ1n) is 14.3. The van der Waals surface area contributed by atoms with Crippen LogP contribution in [0.1, 0.15) is 39.5 Å². The number of carbonyl (C=O) groups excluding carboxylic acids is 3.